The molecule has 0 bridgehead atoms. The largest absolute Gasteiger partial charge is 0.465 e. The van der Waals surface area contributed by atoms with E-state index in [-0.39, 0.29) is 0 Å². The molecule has 0 aliphatic carbocycles. The van der Waals surface area contributed by atoms with Gasteiger partial charge in [-0.15, -0.1) is 0 Å². The summed E-state index contributed by atoms with van der Waals surface area (Å²) in [6.45, 7) is 2.65. The quantitative estimate of drug-likeness (QED) is 0.475. The molecule has 30 heavy (non-hydrogen) atoms. The molecule has 4 N–H and O–H groups in total. The van der Waals surface area contributed by atoms with Crippen molar-refractivity contribution in [1.29, 1.82) is 0 Å². The van der Waals surface area contributed by atoms with E-state index in [2.05, 4.69) is 16.5 Å². The van der Waals surface area contributed by atoms with Crippen molar-refractivity contribution in [2.75, 3.05) is 12.8 Å². The lowest BCUT2D eigenvalue weighted by Crippen LogP contribution is -2.04. The number of hydrogen-bond donors (Lipinski definition) is 2. The number of ether oxygens (including phenoxy) is 1. The number of imidazole rings is 1. The monoisotopic (exact) mass is 403 g/mol. The number of anilines is 1. The van der Waals surface area contributed by atoms with Crippen molar-refractivity contribution in [2.45, 2.75) is 32.7 Å². The maximum atomic E-state index is 12.0. The van der Waals surface area contributed by atoms with Gasteiger partial charge in [0.05, 0.1) is 23.7 Å². The molecule has 0 fully saturated rings. The molecule has 0 atom stereocenters. The van der Waals surface area contributed by atoms with Crippen molar-refractivity contribution in [3.8, 4) is 5.69 Å². The lowest BCUT2D eigenvalue weighted by atomic mass is 10.1. The first-order chi connectivity index (χ1) is 14.6. The summed E-state index contributed by atoms with van der Waals surface area (Å²) in [7, 11) is 1.36. The number of carbonyl (C=O) groups excluding carboxylic acids is 1. The maximum absolute atomic E-state index is 12.0. The number of methoxy groups -OCH3 is 1. The summed E-state index contributed by atoms with van der Waals surface area (Å²) in [6.07, 6.45) is 2.90. The molecule has 0 radical (unpaired) electrons. The Balaban J connectivity index is 2.03. The van der Waals surface area contributed by atoms with Crippen molar-refractivity contribution in [2.24, 2.45) is 5.73 Å². The van der Waals surface area contributed by atoms with E-state index in [1.54, 1.807) is 12.1 Å². The van der Waals surface area contributed by atoms with Gasteiger partial charge in [0.2, 0.25) is 0 Å². The number of fused-ring (bicyclic) bond motifs is 3. The Morgan fingerprint density at radius 3 is 2.57 bits per heavy atom. The van der Waals surface area contributed by atoms with Gasteiger partial charge in [-0.2, -0.15) is 0 Å². The molecule has 0 saturated heterocycles. The van der Waals surface area contributed by atoms with Crippen LogP contribution in [0.2, 0.25) is 0 Å². The van der Waals surface area contributed by atoms with E-state index in [1.807, 2.05) is 30.3 Å². The molecule has 0 aliphatic rings. The van der Waals surface area contributed by atoms with Gasteiger partial charge in [-0.3, -0.25) is 4.57 Å². The van der Waals surface area contributed by atoms with Crippen LogP contribution in [0.3, 0.4) is 0 Å². The molecular weight excluding hydrogens is 378 g/mol. The van der Waals surface area contributed by atoms with Gasteiger partial charge in [0, 0.05) is 24.0 Å². The molecule has 0 unspecified atom stereocenters. The van der Waals surface area contributed by atoms with Crippen LogP contribution in [0.4, 0.5) is 5.82 Å². The van der Waals surface area contributed by atoms with Crippen LogP contribution in [0, 0.1) is 0 Å². The Hall–Kier alpha value is -3.45. The Morgan fingerprint density at radius 1 is 1.13 bits per heavy atom. The predicted molar refractivity (Wildman–Crippen MR) is 119 cm³/mol. The summed E-state index contributed by atoms with van der Waals surface area (Å²) >= 11 is 0. The van der Waals surface area contributed by atoms with Crippen LogP contribution in [0.5, 0.6) is 0 Å². The number of rotatable bonds is 6. The van der Waals surface area contributed by atoms with E-state index in [1.165, 1.54) is 7.11 Å². The number of pyridine rings is 1. The average Bonchev–Trinajstić information content (AvgIpc) is 3.17. The average molecular weight is 403 g/mol. The second-order valence-electron chi connectivity index (χ2n) is 7.26. The Kier molecular flexibility index (Phi) is 5.37. The molecule has 154 valence electrons. The normalized spacial score (nSPS) is 11.3. The van der Waals surface area contributed by atoms with Crippen LogP contribution in [-0.2, 0) is 17.7 Å². The minimum Gasteiger partial charge on any atom is -0.465 e. The fourth-order valence-corrected chi connectivity index (χ4v) is 3.71. The van der Waals surface area contributed by atoms with Gasteiger partial charge in [0.1, 0.15) is 11.3 Å². The Bertz CT molecular complexity index is 1230. The van der Waals surface area contributed by atoms with Crippen LogP contribution in [0.25, 0.3) is 27.6 Å². The topological polar surface area (TPSA) is 109 Å². The van der Waals surface area contributed by atoms with Gasteiger partial charge in [0.15, 0.2) is 5.82 Å². The highest BCUT2D eigenvalue weighted by molar-refractivity contribution is 6.08. The van der Waals surface area contributed by atoms with Crippen molar-refractivity contribution < 1.29 is 9.53 Å². The number of esters is 1. The van der Waals surface area contributed by atoms with Crippen LogP contribution in [0.15, 0.2) is 42.5 Å². The zero-order chi connectivity index (χ0) is 21.3. The number of aromatic nitrogens is 3. The smallest absolute Gasteiger partial charge is 0.337 e. The van der Waals surface area contributed by atoms with Gasteiger partial charge in [-0.1, -0.05) is 25.5 Å². The fraction of sp³-hybridized carbons (Fsp3) is 0.261. The van der Waals surface area contributed by atoms with E-state index in [9.17, 15) is 4.79 Å². The first-order valence-corrected chi connectivity index (χ1v) is 10.1. The molecule has 0 aliphatic heterocycles. The molecule has 0 saturated carbocycles. The van der Waals surface area contributed by atoms with Crippen molar-refractivity contribution in [3.63, 3.8) is 0 Å². The van der Waals surface area contributed by atoms with Gasteiger partial charge >= 0.3 is 5.97 Å². The molecule has 0 spiro atoms. The maximum Gasteiger partial charge on any atom is 0.337 e. The molecule has 2 aromatic carbocycles. The molecule has 4 rings (SSSR count). The third kappa shape index (κ3) is 3.37. The number of benzene rings is 2. The number of carbonyl (C=O) groups is 1. The molecule has 0 amide bonds. The predicted octanol–water partition coefficient (Wildman–Crippen LogP) is 3.74. The summed E-state index contributed by atoms with van der Waals surface area (Å²) < 4.78 is 6.98. The summed E-state index contributed by atoms with van der Waals surface area (Å²) in [5.41, 5.74) is 16.7. The first-order valence-electron chi connectivity index (χ1n) is 10.1. The molecule has 7 heteroatoms. The number of nitrogens with zero attached hydrogens (tertiary/aromatic N) is 3. The zero-order valence-corrected chi connectivity index (χ0v) is 17.2. The van der Waals surface area contributed by atoms with Gasteiger partial charge in [-0.25, -0.2) is 14.8 Å². The fourth-order valence-electron chi connectivity index (χ4n) is 3.71. The highest BCUT2D eigenvalue weighted by atomic mass is 16.5. The van der Waals surface area contributed by atoms with Gasteiger partial charge < -0.3 is 16.2 Å². The number of nitrogens with two attached hydrogens (primary N) is 2. The third-order valence-corrected chi connectivity index (χ3v) is 5.29. The molecule has 4 aromatic rings. The summed E-state index contributed by atoms with van der Waals surface area (Å²) in [4.78, 5) is 21.3. The van der Waals surface area contributed by atoms with Crippen LogP contribution in [-0.4, -0.2) is 27.6 Å². The number of aryl methyl sites for hydroxylation is 1. The first kappa shape index (κ1) is 19.8. The Labute approximate surface area is 174 Å². The summed E-state index contributed by atoms with van der Waals surface area (Å²) in [5.74, 6) is 0.867. The number of unbranched alkanes of at least 4 members (excludes halogenated alkanes) is 1. The van der Waals surface area contributed by atoms with Crippen LogP contribution >= 0.6 is 0 Å². The van der Waals surface area contributed by atoms with E-state index in [0.29, 0.717) is 29.0 Å². The number of hydrogen-bond acceptors (Lipinski definition) is 6. The summed E-state index contributed by atoms with van der Waals surface area (Å²) in [6, 6.07) is 13.5. The van der Waals surface area contributed by atoms with E-state index in [4.69, 9.17) is 21.2 Å². The van der Waals surface area contributed by atoms with Crippen molar-refractivity contribution in [3.05, 3.63) is 59.4 Å². The minimum atomic E-state index is -0.410. The molecule has 2 aromatic heterocycles. The van der Waals surface area contributed by atoms with E-state index < -0.39 is 5.97 Å². The van der Waals surface area contributed by atoms with E-state index >= 15 is 0 Å². The minimum absolute atomic E-state index is 0.342. The second-order valence-corrected chi connectivity index (χ2v) is 7.26. The molecule has 2 heterocycles. The van der Waals surface area contributed by atoms with Crippen LogP contribution < -0.4 is 11.5 Å². The molecular formula is C23H25N5O2. The van der Waals surface area contributed by atoms with Crippen LogP contribution in [0.1, 0.15) is 41.5 Å². The highest BCUT2D eigenvalue weighted by Gasteiger charge is 2.19. The van der Waals surface area contributed by atoms with Crippen molar-refractivity contribution >= 4 is 33.7 Å². The SMILES string of the molecule is CCCCc1nc2c(N)nc3cc(C(=O)OC)ccc3c2n1-c1ccc(CN)cc1. The standard InChI is InChI=1S/C23H25N5O2/c1-3-4-5-19-27-20-21(28(19)16-9-6-14(13-24)7-10-16)17-11-8-15(23(29)30-2)12-18(17)26-22(20)25/h6-12H,3-5,13,24H2,1-2H3,(H2,25,26). The second kappa shape index (κ2) is 8.12. The lowest BCUT2D eigenvalue weighted by Gasteiger charge is -2.12. The number of nitrogen functional groups attached to an aromatic ring is 1. The van der Waals surface area contributed by atoms with Gasteiger partial charge in [0.25, 0.3) is 0 Å². The molecule has 7 nitrogen and oxygen atoms in total. The van der Waals surface area contributed by atoms with Crippen molar-refractivity contribution in [1.82, 2.24) is 14.5 Å². The zero-order valence-electron chi connectivity index (χ0n) is 17.2. The van der Waals surface area contributed by atoms with Gasteiger partial charge in [-0.05, 0) is 42.3 Å². The highest BCUT2D eigenvalue weighted by Crippen LogP contribution is 2.32. The van der Waals surface area contributed by atoms with E-state index in [0.717, 1.165) is 47.2 Å². The summed E-state index contributed by atoms with van der Waals surface area (Å²) in [5, 5.41) is 0.880. The third-order valence-electron chi connectivity index (χ3n) is 5.29. The lowest BCUT2D eigenvalue weighted by molar-refractivity contribution is 0.0601. The Morgan fingerprint density at radius 2 is 1.90 bits per heavy atom.